The van der Waals surface area contributed by atoms with E-state index in [0.717, 1.165) is 5.56 Å². The minimum atomic E-state index is -1.40. The Bertz CT molecular complexity index is 831. The molecule has 1 N–H and O–H groups in total. The number of imide groups is 1. The van der Waals surface area contributed by atoms with Crippen molar-refractivity contribution in [3.05, 3.63) is 65.7 Å². The molecule has 2 aliphatic rings. The summed E-state index contributed by atoms with van der Waals surface area (Å²) in [6, 6.07) is 16.4. The van der Waals surface area contributed by atoms with E-state index >= 15 is 0 Å². The summed E-state index contributed by atoms with van der Waals surface area (Å²) in [5.74, 6) is -1.16. The molecule has 4 rings (SSSR count). The van der Waals surface area contributed by atoms with Gasteiger partial charge in [-0.1, -0.05) is 48.5 Å². The van der Waals surface area contributed by atoms with E-state index in [1.807, 2.05) is 30.3 Å². The van der Waals surface area contributed by atoms with Crippen molar-refractivity contribution in [3.8, 4) is 0 Å². The number of para-hydroxylation sites is 1. The fraction of sp³-hybridized carbons (Fsp3) is 0.167. The summed E-state index contributed by atoms with van der Waals surface area (Å²) in [6.45, 7) is 0.190. The van der Waals surface area contributed by atoms with Crippen molar-refractivity contribution >= 4 is 23.4 Å². The third kappa shape index (κ3) is 1.83. The first-order valence-corrected chi connectivity index (χ1v) is 7.42. The molecule has 114 valence electrons. The van der Waals surface area contributed by atoms with E-state index in [1.54, 1.807) is 24.3 Å². The Morgan fingerprint density at radius 1 is 0.957 bits per heavy atom. The highest BCUT2D eigenvalue weighted by Crippen LogP contribution is 2.45. The molecular weight excluding hydrogens is 292 g/mol. The molecule has 2 aliphatic heterocycles. The van der Waals surface area contributed by atoms with Crippen LogP contribution in [0.5, 0.6) is 0 Å². The average Bonchev–Trinajstić information content (AvgIpc) is 2.98. The standard InChI is InChI=1S/C18H14N2O3/c21-15-10-18(13-8-4-5-9-14(13)19-16(18)22)17(23)20(15)11-12-6-2-1-3-7-12/h1-9H,10-11H2,(H,19,22)/t18-/m0/s1. The van der Waals surface area contributed by atoms with Gasteiger partial charge in [0.15, 0.2) is 5.41 Å². The summed E-state index contributed by atoms with van der Waals surface area (Å²) in [5.41, 5.74) is 0.666. The number of nitrogens with one attached hydrogen (secondary N) is 1. The molecule has 5 nitrogen and oxygen atoms in total. The monoisotopic (exact) mass is 306 g/mol. The number of hydrogen-bond acceptors (Lipinski definition) is 3. The maximum Gasteiger partial charge on any atom is 0.250 e. The van der Waals surface area contributed by atoms with Crippen molar-refractivity contribution in [2.24, 2.45) is 0 Å². The highest BCUT2D eigenvalue weighted by Gasteiger charge is 2.61. The molecule has 23 heavy (non-hydrogen) atoms. The molecule has 2 aromatic rings. The fourth-order valence-corrected chi connectivity index (χ4v) is 3.37. The fourth-order valence-electron chi connectivity index (χ4n) is 3.37. The first-order valence-electron chi connectivity index (χ1n) is 7.42. The van der Waals surface area contributed by atoms with Crippen LogP contribution in [0.1, 0.15) is 17.5 Å². The Morgan fingerprint density at radius 3 is 2.43 bits per heavy atom. The van der Waals surface area contributed by atoms with E-state index < -0.39 is 17.2 Å². The molecule has 2 heterocycles. The molecule has 5 heteroatoms. The number of anilines is 1. The molecule has 1 spiro atoms. The summed E-state index contributed by atoms with van der Waals surface area (Å²) < 4.78 is 0. The molecule has 1 saturated heterocycles. The van der Waals surface area contributed by atoms with Crippen molar-refractivity contribution in [2.75, 3.05) is 5.32 Å². The van der Waals surface area contributed by atoms with Crippen LogP contribution in [0, 0.1) is 0 Å². The number of fused-ring (bicyclic) bond motifs is 2. The Morgan fingerprint density at radius 2 is 1.65 bits per heavy atom. The minimum absolute atomic E-state index is 0.110. The van der Waals surface area contributed by atoms with Crippen molar-refractivity contribution in [3.63, 3.8) is 0 Å². The van der Waals surface area contributed by atoms with Crippen molar-refractivity contribution in [1.29, 1.82) is 0 Å². The van der Waals surface area contributed by atoms with Gasteiger partial charge < -0.3 is 5.32 Å². The Kier molecular flexibility index (Phi) is 2.84. The predicted molar refractivity (Wildman–Crippen MR) is 83.4 cm³/mol. The Hall–Kier alpha value is -2.95. The number of benzene rings is 2. The molecule has 3 amide bonds. The van der Waals surface area contributed by atoms with Gasteiger partial charge in [0.1, 0.15) is 0 Å². The molecule has 0 bridgehead atoms. The van der Waals surface area contributed by atoms with Crippen molar-refractivity contribution < 1.29 is 14.4 Å². The third-order valence-corrected chi connectivity index (χ3v) is 4.53. The van der Waals surface area contributed by atoms with Crippen LogP contribution in [0.15, 0.2) is 54.6 Å². The molecule has 2 aromatic carbocycles. The summed E-state index contributed by atoms with van der Waals surface area (Å²) in [4.78, 5) is 39.1. The zero-order valence-corrected chi connectivity index (χ0v) is 12.3. The maximum absolute atomic E-state index is 13.0. The number of likely N-dealkylation sites (tertiary alicyclic amines) is 1. The van der Waals surface area contributed by atoms with Gasteiger partial charge in [-0.3, -0.25) is 19.3 Å². The van der Waals surface area contributed by atoms with Crippen molar-refractivity contribution in [2.45, 2.75) is 18.4 Å². The van der Waals surface area contributed by atoms with E-state index in [9.17, 15) is 14.4 Å². The largest absolute Gasteiger partial charge is 0.325 e. The molecule has 0 radical (unpaired) electrons. The van der Waals surface area contributed by atoms with Gasteiger partial charge in [0.2, 0.25) is 17.7 Å². The number of nitrogens with zero attached hydrogens (tertiary/aromatic N) is 1. The van der Waals surface area contributed by atoms with E-state index in [-0.39, 0.29) is 18.9 Å². The Balaban J connectivity index is 1.74. The highest BCUT2D eigenvalue weighted by atomic mass is 16.2. The van der Waals surface area contributed by atoms with Gasteiger partial charge in [-0.25, -0.2) is 0 Å². The zero-order chi connectivity index (χ0) is 16.0. The lowest BCUT2D eigenvalue weighted by Crippen LogP contribution is -2.43. The smallest absolute Gasteiger partial charge is 0.250 e. The molecule has 1 fully saturated rings. The second-order valence-corrected chi connectivity index (χ2v) is 5.85. The highest BCUT2D eigenvalue weighted by molar-refractivity contribution is 6.27. The van der Waals surface area contributed by atoms with Crippen molar-refractivity contribution in [1.82, 2.24) is 4.90 Å². The number of carbonyl (C=O) groups is 3. The van der Waals surface area contributed by atoms with E-state index in [2.05, 4.69) is 5.32 Å². The first-order chi connectivity index (χ1) is 11.1. The van der Waals surface area contributed by atoms with Gasteiger partial charge in [-0.2, -0.15) is 0 Å². The van der Waals surface area contributed by atoms with Crippen LogP contribution >= 0.6 is 0 Å². The van der Waals surface area contributed by atoms with E-state index in [4.69, 9.17) is 0 Å². The number of rotatable bonds is 2. The van der Waals surface area contributed by atoms with Crippen LogP contribution in [0.4, 0.5) is 5.69 Å². The van der Waals surface area contributed by atoms with Crippen LogP contribution < -0.4 is 5.32 Å². The van der Waals surface area contributed by atoms with Gasteiger partial charge in [0, 0.05) is 11.3 Å². The molecule has 0 unspecified atom stereocenters. The third-order valence-electron chi connectivity index (χ3n) is 4.53. The topological polar surface area (TPSA) is 66.5 Å². The SMILES string of the molecule is O=C1C[C@]2(C(=O)Nc3ccccc32)C(=O)N1Cc1ccccc1. The lowest BCUT2D eigenvalue weighted by Gasteiger charge is -2.20. The number of amides is 3. The van der Waals surface area contributed by atoms with Gasteiger partial charge in [-0.15, -0.1) is 0 Å². The lowest BCUT2D eigenvalue weighted by atomic mass is 9.80. The molecular formula is C18H14N2O3. The van der Waals surface area contributed by atoms with Crippen LogP contribution in [-0.2, 0) is 26.3 Å². The molecule has 0 aromatic heterocycles. The average molecular weight is 306 g/mol. The summed E-state index contributed by atoms with van der Waals surface area (Å²) in [5, 5.41) is 2.73. The minimum Gasteiger partial charge on any atom is -0.325 e. The van der Waals surface area contributed by atoms with Crippen LogP contribution in [0.2, 0.25) is 0 Å². The quantitative estimate of drug-likeness (QED) is 0.680. The number of carbonyl (C=O) groups excluding carboxylic acids is 3. The summed E-state index contributed by atoms with van der Waals surface area (Å²) in [6.07, 6.45) is -0.110. The maximum atomic E-state index is 13.0. The first kappa shape index (κ1) is 13.7. The van der Waals surface area contributed by atoms with Crippen LogP contribution in [-0.4, -0.2) is 22.6 Å². The second-order valence-electron chi connectivity index (χ2n) is 5.85. The Labute approximate surface area is 132 Å². The van der Waals surface area contributed by atoms with Gasteiger partial charge in [-0.05, 0) is 11.6 Å². The van der Waals surface area contributed by atoms with Crippen LogP contribution in [0.3, 0.4) is 0 Å². The molecule has 0 aliphatic carbocycles. The normalized spacial score (nSPS) is 22.6. The summed E-state index contributed by atoms with van der Waals surface area (Å²) >= 11 is 0. The second kappa shape index (κ2) is 4.78. The number of hydrogen-bond donors (Lipinski definition) is 1. The molecule has 0 saturated carbocycles. The lowest BCUT2D eigenvalue weighted by molar-refractivity contribution is -0.141. The molecule has 1 atom stereocenters. The predicted octanol–water partition coefficient (Wildman–Crippen LogP) is 1.84. The van der Waals surface area contributed by atoms with Crippen LogP contribution in [0.25, 0.3) is 0 Å². The van der Waals surface area contributed by atoms with Gasteiger partial charge in [0.05, 0.1) is 13.0 Å². The summed E-state index contributed by atoms with van der Waals surface area (Å²) in [7, 11) is 0. The zero-order valence-electron chi connectivity index (χ0n) is 12.3. The van der Waals surface area contributed by atoms with E-state index in [0.29, 0.717) is 11.3 Å². The van der Waals surface area contributed by atoms with E-state index in [1.165, 1.54) is 4.90 Å². The van der Waals surface area contributed by atoms with Gasteiger partial charge >= 0.3 is 0 Å². The van der Waals surface area contributed by atoms with Gasteiger partial charge in [0.25, 0.3) is 0 Å².